The van der Waals surface area contributed by atoms with Gasteiger partial charge in [-0.15, -0.1) is 11.6 Å². The average Bonchev–Trinajstić information content (AvgIpc) is 2.28. The van der Waals surface area contributed by atoms with Crippen molar-refractivity contribution < 1.29 is 0 Å². The summed E-state index contributed by atoms with van der Waals surface area (Å²) in [5.74, 6) is 0.862. The SMILES string of the molecule is ClC1CCCC(CCc2ccccc2)C1. The van der Waals surface area contributed by atoms with Gasteiger partial charge in [0.15, 0.2) is 0 Å². The van der Waals surface area contributed by atoms with Crippen LogP contribution >= 0.6 is 11.6 Å². The zero-order chi connectivity index (χ0) is 10.5. The predicted octanol–water partition coefficient (Wildman–Crippen LogP) is 4.42. The van der Waals surface area contributed by atoms with Crippen molar-refractivity contribution in [1.29, 1.82) is 0 Å². The lowest BCUT2D eigenvalue weighted by molar-refractivity contribution is 0.344. The second-order valence-electron chi connectivity index (χ2n) is 4.65. The molecule has 1 fully saturated rings. The van der Waals surface area contributed by atoms with E-state index in [1.165, 1.54) is 44.1 Å². The van der Waals surface area contributed by atoms with E-state index in [0.29, 0.717) is 5.38 Å². The fraction of sp³-hybridized carbons (Fsp3) is 0.571. The highest BCUT2D eigenvalue weighted by Gasteiger charge is 2.19. The monoisotopic (exact) mass is 222 g/mol. The Balaban J connectivity index is 1.78. The minimum Gasteiger partial charge on any atom is -0.123 e. The molecule has 1 aliphatic rings. The second kappa shape index (κ2) is 5.55. The summed E-state index contributed by atoms with van der Waals surface area (Å²) in [6.07, 6.45) is 7.70. The summed E-state index contributed by atoms with van der Waals surface area (Å²) in [4.78, 5) is 0. The molecular weight excluding hydrogens is 204 g/mol. The van der Waals surface area contributed by atoms with E-state index in [1.54, 1.807) is 0 Å². The van der Waals surface area contributed by atoms with Gasteiger partial charge < -0.3 is 0 Å². The first-order valence-corrected chi connectivity index (χ1v) is 6.46. The average molecular weight is 223 g/mol. The molecule has 0 heterocycles. The standard InChI is InChI=1S/C14H19Cl/c15-14-8-4-7-13(11-14)10-9-12-5-2-1-3-6-12/h1-3,5-6,13-14H,4,7-11H2. The fourth-order valence-corrected chi connectivity index (χ4v) is 2.91. The van der Waals surface area contributed by atoms with E-state index in [4.69, 9.17) is 11.6 Å². The quantitative estimate of drug-likeness (QED) is 0.665. The minimum absolute atomic E-state index is 0.444. The first-order chi connectivity index (χ1) is 7.34. The van der Waals surface area contributed by atoms with Crippen molar-refractivity contribution in [3.05, 3.63) is 35.9 Å². The van der Waals surface area contributed by atoms with Crippen LogP contribution in [0.2, 0.25) is 0 Å². The molecule has 0 nitrogen and oxygen atoms in total. The third-order valence-corrected chi connectivity index (χ3v) is 3.80. The molecule has 0 amide bonds. The molecule has 0 saturated heterocycles. The lowest BCUT2D eigenvalue weighted by Gasteiger charge is -2.25. The van der Waals surface area contributed by atoms with Gasteiger partial charge in [-0.25, -0.2) is 0 Å². The fourth-order valence-electron chi connectivity index (χ4n) is 2.50. The number of alkyl halides is 1. The number of aryl methyl sites for hydroxylation is 1. The lowest BCUT2D eigenvalue weighted by atomic mass is 9.85. The first-order valence-electron chi connectivity index (χ1n) is 6.02. The summed E-state index contributed by atoms with van der Waals surface area (Å²) >= 11 is 6.19. The number of rotatable bonds is 3. The van der Waals surface area contributed by atoms with Gasteiger partial charge in [0, 0.05) is 5.38 Å². The lowest BCUT2D eigenvalue weighted by Crippen LogP contribution is -2.15. The van der Waals surface area contributed by atoms with Crippen molar-refractivity contribution >= 4 is 11.6 Å². The van der Waals surface area contributed by atoms with Crippen LogP contribution in [0.5, 0.6) is 0 Å². The van der Waals surface area contributed by atoms with E-state index in [9.17, 15) is 0 Å². The molecule has 1 aromatic rings. The Bertz CT molecular complexity index is 281. The highest BCUT2D eigenvalue weighted by atomic mass is 35.5. The van der Waals surface area contributed by atoms with Crippen LogP contribution in [0.4, 0.5) is 0 Å². The zero-order valence-corrected chi connectivity index (χ0v) is 9.92. The van der Waals surface area contributed by atoms with Crippen molar-refractivity contribution in [3.8, 4) is 0 Å². The van der Waals surface area contributed by atoms with E-state index in [0.717, 1.165) is 5.92 Å². The number of hydrogen-bond donors (Lipinski definition) is 0. The molecule has 1 aliphatic carbocycles. The molecule has 2 unspecified atom stereocenters. The van der Waals surface area contributed by atoms with Crippen molar-refractivity contribution in [2.24, 2.45) is 5.92 Å². The largest absolute Gasteiger partial charge is 0.123 e. The Kier molecular flexibility index (Phi) is 4.08. The van der Waals surface area contributed by atoms with Crippen LogP contribution in [-0.2, 0) is 6.42 Å². The maximum absolute atomic E-state index is 6.19. The van der Waals surface area contributed by atoms with Crippen LogP contribution in [-0.4, -0.2) is 5.38 Å². The Hall–Kier alpha value is -0.490. The summed E-state index contributed by atoms with van der Waals surface area (Å²) in [5, 5.41) is 0.444. The number of hydrogen-bond acceptors (Lipinski definition) is 0. The first kappa shape index (κ1) is 11.0. The molecule has 0 N–H and O–H groups in total. The van der Waals surface area contributed by atoms with Crippen LogP contribution in [0.1, 0.15) is 37.7 Å². The topological polar surface area (TPSA) is 0 Å². The van der Waals surface area contributed by atoms with Gasteiger partial charge in [0.1, 0.15) is 0 Å². The van der Waals surface area contributed by atoms with Gasteiger partial charge in [0.05, 0.1) is 0 Å². The van der Waals surface area contributed by atoms with Crippen molar-refractivity contribution in [3.63, 3.8) is 0 Å². The molecule has 82 valence electrons. The van der Waals surface area contributed by atoms with Crippen LogP contribution in [0.25, 0.3) is 0 Å². The van der Waals surface area contributed by atoms with E-state index in [-0.39, 0.29) is 0 Å². The third kappa shape index (κ3) is 3.53. The second-order valence-corrected chi connectivity index (χ2v) is 5.27. The summed E-state index contributed by atoms with van der Waals surface area (Å²) in [6.45, 7) is 0. The minimum atomic E-state index is 0.444. The number of halogens is 1. The molecule has 2 rings (SSSR count). The van der Waals surface area contributed by atoms with Gasteiger partial charge in [-0.1, -0.05) is 43.2 Å². The number of benzene rings is 1. The Morgan fingerprint density at radius 3 is 2.67 bits per heavy atom. The summed E-state index contributed by atoms with van der Waals surface area (Å²) in [6, 6.07) is 10.8. The van der Waals surface area contributed by atoms with E-state index >= 15 is 0 Å². The van der Waals surface area contributed by atoms with Crippen LogP contribution < -0.4 is 0 Å². The van der Waals surface area contributed by atoms with E-state index in [1.807, 2.05) is 0 Å². The van der Waals surface area contributed by atoms with Crippen LogP contribution in [0.3, 0.4) is 0 Å². The van der Waals surface area contributed by atoms with E-state index < -0.39 is 0 Å². The van der Waals surface area contributed by atoms with Crippen molar-refractivity contribution in [2.75, 3.05) is 0 Å². The molecule has 1 heteroatoms. The van der Waals surface area contributed by atoms with Gasteiger partial charge in [0.2, 0.25) is 0 Å². The molecule has 0 bridgehead atoms. The van der Waals surface area contributed by atoms with Crippen LogP contribution in [0, 0.1) is 5.92 Å². The van der Waals surface area contributed by atoms with Gasteiger partial charge in [-0.05, 0) is 37.2 Å². The maximum atomic E-state index is 6.19. The molecule has 1 aromatic carbocycles. The molecular formula is C14H19Cl. The molecule has 0 aromatic heterocycles. The Morgan fingerprint density at radius 1 is 1.13 bits per heavy atom. The summed E-state index contributed by atoms with van der Waals surface area (Å²) in [7, 11) is 0. The molecule has 0 radical (unpaired) electrons. The van der Waals surface area contributed by atoms with Crippen molar-refractivity contribution in [1.82, 2.24) is 0 Å². The maximum Gasteiger partial charge on any atom is 0.0338 e. The Morgan fingerprint density at radius 2 is 1.93 bits per heavy atom. The normalized spacial score (nSPS) is 26.5. The molecule has 0 spiro atoms. The zero-order valence-electron chi connectivity index (χ0n) is 9.16. The molecule has 2 atom stereocenters. The predicted molar refractivity (Wildman–Crippen MR) is 66.4 cm³/mol. The summed E-state index contributed by atoms with van der Waals surface area (Å²) in [5.41, 5.74) is 1.47. The molecule has 1 saturated carbocycles. The highest BCUT2D eigenvalue weighted by Crippen LogP contribution is 2.30. The van der Waals surface area contributed by atoms with Gasteiger partial charge in [-0.3, -0.25) is 0 Å². The molecule has 0 aliphatic heterocycles. The van der Waals surface area contributed by atoms with Crippen molar-refractivity contribution in [2.45, 2.75) is 43.9 Å². The van der Waals surface area contributed by atoms with Gasteiger partial charge in [0.25, 0.3) is 0 Å². The van der Waals surface area contributed by atoms with E-state index in [2.05, 4.69) is 30.3 Å². The summed E-state index contributed by atoms with van der Waals surface area (Å²) < 4.78 is 0. The Labute approximate surface area is 97.6 Å². The highest BCUT2D eigenvalue weighted by molar-refractivity contribution is 6.20. The van der Waals surface area contributed by atoms with Gasteiger partial charge in [-0.2, -0.15) is 0 Å². The molecule has 15 heavy (non-hydrogen) atoms. The third-order valence-electron chi connectivity index (χ3n) is 3.40. The van der Waals surface area contributed by atoms with Crippen LogP contribution in [0.15, 0.2) is 30.3 Å². The van der Waals surface area contributed by atoms with Gasteiger partial charge >= 0.3 is 0 Å². The smallest absolute Gasteiger partial charge is 0.0338 e.